The van der Waals surface area contributed by atoms with E-state index in [0.717, 1.165) is 42.5 Å². The summed E-state index contributed by atoms with van der Waals surface area (Å²) in [5, 5.41) is 8.77. The molecule has 3 aromatic carbocycles. The molecule has 1 aliphatic carbocycles. The van der Waals surface area contributed by atoms with E-state index in [1.807, 2.05) is 0 Å². The molecule has 0 saturated heterocycles. The van der Waals surface area contributed by atoms with Crippen LogP contribution in [0.15, 0.2) is 83.4 Å². The number of thioether (sulfide) groups is 1. The number of benzene rings is 3. The molecule has 0 radical (unpaired) electrons. The Morgan fingerprint density at radius 2 is 1.72 bits per heavy atom. The zero-order valence-corrected chi connectivity index (χ0v) is 27.8. The van der Waals surface area contributed by atoms with E-state index in [0.29, 0.717) is 26.7 Å². The van der Waals surface area contributed by atoms with Crippen LogP contribution in [-0.2, 0) is 27.2 Å². The van der Waals surface area contributed by atoms with E-state index < -0.39 is 23.6 Å². The van der Waals surface area contributed by atoms with Crippen LogP contribution in [0.4, 0.5) is 15.1 Å². The van der Waals surface area contributed by atoms with Crippen LogP contribution in [0.1, 0.15) is 56.0 Å². The average molecular weight is 692 g/mol. The number of hydrogen-bond donors (Lipinski definition) is 3. The number of carbonyl (C=O) groups is 4. The Labute approximate surface area is 284 Å². The van der Waals surface area contributed by atoms with Crippen LogP contribution in [0.5, 0.6) is 0 Å². The quantitative estimate of drug-likeness (QED) is 0.0679. The van der Waals surface area contributed by atoms with Crippen molar-refractivity contribution in [2.75, 3.05) is 23.5 Å². The van der Waals surface area contributed by atoms with Crippen molar-refractivity contribution in [3.8, 4) is 0 Å². The molecule has 1 heterocycles. The number of methoxy groups -OCH3 is 1. The molecule has 3 amide bonds. The molecule has 5 rings (SSSR count). The van der Waals surface area contributed by atoms with Gasteiger partial charge in [-0.05, 0) is 79.8 Å². The van der Waals surface area contributed by atoms with Gasteiger partial charge in [-0.2, -0.15) is 0 Å². The second-order valence-electron chi connectivity index (χ2n) is 10.6. The summed E-state index contributed by atoms with van der Waals surface area (Å²) in [6.45, 7) is 0. The van der Waals surface area contributed by atoms with Gasteiger partial charge in [0.25, 0.3) is 11.8 Å². The van der Waals surface area contributed by atoms with Crippen molar-refractivity contribution >= 4 is 75.2 Å². The van der Waals surface area contributed by atoms with Crippen LogP contribution in [0, 0.1) is 5.82 Å². The molecule has 0 bridgehead atoms. The number of rotatable bonds is 10. The van der Waals surface area contributed by atoms with Gasteiger partial charge in [-0.1, -0.05) is 48.4 Å². The summed E-state index contributed by atoms with van der Waals surface area (Å²) >= 11 is 8.87. The minimum atomic E-state index is -0.707. The van der Waals surface area contributed by atoms with E-state index in [4.69, 9.17) is 16.3 Å². The lowest BCUT2D eigenvalue weighted by molar-refractivity contribution is -0.114. The minimum Gasteiger partial charge on any atom is -0.465 e. The summed E-state index contributed by atoms with van der Waals surface area (Å²) in [6, 6.07) is 19.2. The largest absolute Gasteiger partial charge is 0.465 e. The Kier molecular flexibility index (Phi) is 11.5. The Morgan fingerprint density at radius 1 is 0.957 bits per heavy atom. The maximum atomic E-state index is 14.6. The predicted octanol–water partition coefficient (Wildman–Crippen LogP) is 7.74. The summed E-state index contributed by atoms with van der Waals surface area (Å²) < 4.78 is 19.7. The van der Waals surface area contributed by atoms with Crippen LogP contribution in [-0.4, -0.2) is 36.6 Å². The molecule has 0 saturated carbocycles. The maximum Gasteiger partial charge on any atom is 0.341 e. The van der Waals surface area contributed by atoms with Crippen molar-refractivity contribution < 1.29 is 28.3 Å². The van der Waals surface area contributed by atoms with Crippen molar-refractivity contribution in [3.05, 3.63) is 116 Å². The lowest BCUT2D eigenvalue weighted by Crippen LogP contribution is -2.30. The van der Waals surface area contributed by atoms with Gasteiger partial charge in [0.15, 0.2) is 0 Å². The molecule has 0 aliphatic heterocycles. The molecular formula is C35H31ClFN3O5S2. The predicted molar refractivity (Wildman–Crippen MR) is 185 cm³/mol. The summed E-state index contributed by atoms with van der Waals surface area (Å²) in [4.78, 5) is 53.8. The van der Waals surface area contributed by atoms with Gasteiger partial charge in [0, 0.05) is 26.6 Å². The monoisotopic (exact) mass is 691 g/mol. The van der Waals surface area contributed by atoms with Gasteiger partial charge >= 0.3 is 5.97 Å². The lowest BCUT2D eigenvalue weighted by Gasteiger charge is -2.13. The highest BCUT2D eigenvalue weighted by atomic mass is 35.5. The Morgan fingerprint density at radius 3 is 2.49 bits per heavy atom. The van der Waals surface area contributed by atoms with E-state index in [9.17, 15) is 23.6 Å². The van der Waals surface area contributed by atoms with Gasteiger partial charge < -0.3 is 20.7 Å². The maximum absolute atomic E-state index is 14.6. The van der Waals surface area contributed by atoms with Gasteiger partial charge in [-0.25, -0.2) is 9.18 Å². The number of ether oxygens (including phenoxy) is 1. The molecule has 3 N–H and O–H groups in total. The number of halogens is 2. The van der Waals surface area contributed by atoms with Crippen molar-refractivity contribution in [2.24, 2.45) is 0 Å². The van der Waals surface area contributed by atoms with Gasteiger partial charge in [0.1, 0.15) is 16.5 Å². The highest BCUT2D eigenvalue weighted by Crippen LogP contribution is 2.38. The van der Waals surface area contributed by atoms with Crippen LogP contribution < -0.4 is 16.0 Å². The molecule has 242 valence electrons. The molecule has 4 aromatic rings. The molecule has 1 aromatic heterocycles. The second kappa shape index (κ2) is 15.9. The Bertz CT molecular complexity index is 1820. The van der Waals surface area contributed by atoms with Gasteiger partial charge in [0.05, 0.1) is 23.4 Å². The zero-order valence-electron chi connectivity index (χ0n) is 25.4. The summed E-state index contributed by atoms with van der Waals surface area (Å²) in [5.74, 6) is -2.63. The molecule has 47 heavy (non-hydrogen) atoms. The molecule has 1 aliphatic rings. The number of aryl methyl sites for hydroxylation is 1. The van der Waals surface area contributed by atoms with Gasteiger partial charge in [-0.3, -0.25) is 14.4 Å². The first-order chi connectivity index (χ1) is 22.7. The fourth-order valence-corrected chi connectivity index (χ4v) is 7.32. The first-order valence-electron chi connectivity index (χ1n) is 14.8. The number of esters is 1. The number of hydrogen-bond acceptors (Lipinski definition) is 7. The van der Waals surface area contributed by atoms with Crippen LogP contribution in [0.25, 0.3) is 6.08 Å². The zero-order chi connectivity index (χ0) is 33.3. The molecule has 0 spiro atoms. The van der Waals surface area contributed by atoms with E-state index in [2.05, 4.69) is 16.0 Å². The number of anilines is 2. The van der Waals surface area contributed by atoms with E-state index >= 15 is 0 Å². The number of carbonyl (C=O) groups excluding carboxylic acids is 4. The summed E-state index contributed by atoms with van der Waals surface area (Å²) in [7, 11) is 1.33. The highest BCUT2D eigenvalue weighted by molar-refractivity contribution is 8.00. The second-order valence-corrected chi connectivity index (χ2v) is 13.2. The topological polar surface area (TPSA) is 114 Å². The van der Waals surface area contributed by atoms with Crippen molar-refractivity contribution in [3.63, 3.8) is 0 Å². The molecule has 8 nitrogen and oxygen atoms in total. The molecule has 0 atom stereocenters. The Hall–Kier alpha value is -4.45. The standard InChI is InChI=1S/C35H31ClFN3O5S2/c1-45-35(44)31-24-14-6-3-7-17-29(24)47-34(31)40-30(41)20-46-23-13-8-12-22(18-23)38-33(43)28(19-25-26(36)15-9-16-27(25)37)39-32(42)21-10-4-2-5-11-21/h2,4-5,8-13,15-16,18-19H,3,6-7,14,17,20H2,1H3,(H,38,43)(H,39,42)(H,40,41)/b28-19+. The third-order valence-electron chi connectivity index (χ3n) is 7.34. The molecule has 12 heteroatoms. The van der Waals surface area contributed by atoms with Crippen molar-refractivity contribution in [2.45, 2.75) is 37.0 Å². The summed E-state index contributed by atoms with van der Waals surface area (Å²) in [5.41, 5.74) is 1.82. The average Bonchev–Trinajstić information content (AvgIpc) is 3.24. The first-order valence-corrected chi connectivity index (χ1v) is 17.0. The minimum absolute atomic E-state index is 0.0463. The van der Waals surface area contributed by atoms with Gasteiger partial charge in [-0.15, -0.1) is 23.1 Å². The van der Waals surface area contributed by atoms with Crippen molar-refractivity contribution in [1.82, 2.24) is 5.32 Å². The third kappa shape index (κ3) is 8.68. The number of nitrogens with one attached hydrogen (secondary N) is 3. The fourth-order valence-electron chi connectivity index (χ4n) is 5.06. The van der Waals surface area contributed by atoms with Crippen LogP contribution >= 0.6 is 34.7 Å². The normalized spacial score (nSPS) is 12.8. The number of amides is 3. The van der Waals surface area contributed by atoms with Crippen LogP contribution in [0.3, 0.4) is 0 Å². The molecular weight excluding hydrogens is 661 g/mol. The summed E-state index contributed by atoms with van der Waals surface area (Å²) in [6.07, 6.45) is 5.95. The third-order valence-corrected chi connectivity index (χ3v) is 9.87. The fraction of sp³-hybridized carbons (Fsp3) is 0.200. The SMILES string of the molecule is COC(=O)c1c(NC(=O)CSc2cccc(NC(=O)/C(=C\c3c(F)cccc3Cl)NC(=O)c3ccccc3)c2)sc2c1CCCCC2. The smallest absolute Gasteiger partial charge is 0.341 e. The number of fused-ring (bicyclic) bond motifs is 1. The first kappa shape index (κ1) is 33.9. The molecule has 0 unspecified atom stereocenters. The highest BCUT2D eigenvalue weighted by Gasteiger charge is 2.26. The van der Waals surface area contributed by atoms with Gasteiger partial charge in [0.2, 0.25) is 5.91 Å². The van der Waals surface area contributed by atoms with Crippen molar-refractivity contribution in [1.29, 1.82) is 0 Å². The lowest BCUT2D eigenvalue weighted by atomic mass is 10.1. The van der Waals surface area contributed by atoms with E-state index in [1.54, 1.807) is 54.6 Å². The van der Waals surface area contributed by atoms with Crippen LogP contribution in [0.2, 0.25) is 5.02 Å². The molecule has 0 fully saturated rings. The number of thiophene rings is 1. The Balaban J connectivity index is 1.29. The van der Waals surface area contributed by atoms with E-state index in [-0.39, 0.29) is 27.9 Å². The van der Waals surface area contributed by atoms with E-state index in [1.165, 1.54) is 54.5 Å².